The number of carbonyl (C=O) groups excluding carboxylic acids is 1. The van der Waals surface area contributed by atoms with Gasteiger partial charge in [0.25, 0.3) is 5.56 Å². The standard InChI is InChI=1S/C23H30N4O2/c28-22(16-25-12-7-17(8-13-25)26-10-3-4-11-26)27-14-9-19-18-5-1-2-6-20(18)23(29)24-21(19)15-27/h1-2,5-6,17H,3-4,7-16H2,(H,24,29). The molecule has 0 unspecified atom stereocenters. The molecule has 29 heavy (non-hydrogen) atoms. The van der Waals surface area contributed by atoms with Gasteiger partial charge in [-0.1, -0.05) is 18.2 Å². The molecule has 4 heterocycles. The zero-order valence-corrected chi connectivity index (χ0v) is 17.0. The summed E-state index contributed by atoms with van der Waals surface area (Å²) >= 11 is 0. The second-order valence-electron chi connectivity index (χ2n) is 8.77. The number of pyridine rings is 1. The Morgan fingerprint density at radius 3 is 2.48 bits per heavy atom. The second-order valence-corrected chi connectivity index (χ2v) is 8.77. The monoisotopic (exact) mass is 394 g/mol. The average molecular weight is 395 g/mol. The first-order chi connectivity index (χ1) is 14.2. The number of aromatic amines is 1. The van der Waals surface area contributed by atoms with E-state index in [2.05, 4.69) is 14.8 Å². The van der Waals surface area contributed by atoms with Crippen molar-refractivity contribution in [1.82, 2.24) is 19.7 Å². The summed E-state index contributed by atoms with van der Waals surface area (Å²) in [7, 11) is 0. The first kappa shape index (κ1) is 18.8. The number of carbonyl (C=O) groups is 1. The highest BCUT2D eigenvalue weighted by Gasteiger charge is 2.29. The number of rotatable bonds is 3. The summed E-state index contributed by atoms with van der Waals surface area (Å²) in [5, 5.41) is 1.77. The lowest BCUT2D eigenvalue weighted by atomic mass is 9.98. The third kappa shape index (κ3) is 3.71. The van der Waals surface area contributed by atoms with Gasteiger partial charge in [0.15, 0.2) is 0 Å². The van der Waals surface area contributed by atoms with Crippen molar-refractivity contribution in [2.45, 2.75) is 44.7 Å². The maximum absolute atomic E-state index is 12.9. The molecule has 1 aromatic heterocycles. The number of nitrogens with zero attached hydrogens (tertiary/aromatic N) is 3. The maximum Gasteiger partial charge on any atom is 0.256 e. The average Bonchev–Trinajstić information content (AvgIpc) is 3.29. The van der Waals surface area contributed by atoms with Crippen LogP contribution < -0.4 is 5.56 Å². The van der Waals surface area contributed by atoms with Crippen molar-refractivity contribution in [3.05, 3.63) is 45.9 Å². The number of nitrogens with one attached hydrogen (secondary N) is 1. The molecule has 3 aliphatic rings. The fourth-order valence-corrected chi connectivity index (χ4v) is 5.38. The lowest BCUT2D eigenvalue weighted by molar-refractivity contribution is -0.133. The number of H-pyrrole nitrogens is 1. The Morgan fingerprint density at radius 2 is 1.72 bits per heavy atom. The Hall–Kier alpha value is -2.18. The number of piperidine rings is 1. The summed E-state index contributed by atoms with van der Waals surface area (Å²) in [5.41, 5.74) is 2.04. The highest BCUT2D eigenvalue weighted by atomic mass is 16.2. The van der Waals surface area contributed by atoms with Gasteiger partial charge in [-0.3, -0.25) is 14.5 Å². The smallest absolute Gasteiger partial charge is 0.256 e. The molecule has 0 spiro atoms. The van der Waals surface area contributed by atoms with Crippen LogP contribution in [0, 0.1) is 0 Å². The lowest BCUT2D eigenvalue weighted by Gasteiger charge is -2.37. The minimum Gasteiger partial charge on any atom is -0.335 e. The van der Waals surface area contributed by atoms with Gasteiger partial charge in [0.2, 0.25) is 5.91 Å². The second kappa shape index (κ2) is 7.92. The van der Waals surface area contributed by atoms with E-state index in [1.807, 2.05) is 29.2 Å². The van der Waals surface area contributed by atoms with Gasteiger partial charge in [-0.2, -0.15) is 0 Å². The third-order valence-electron chi connectivity index (χ3n) is 7.03. The minimum atomic E-state index is -0.0577. The number of hydrogen-bond donors (Lipinski definition) is 1. The SMILES string of the molecule is O=C(CN1CCC(N2CCCC2)CC1)N1CCc2c([nH]c(=O)c3ccccc23)C1. The molecule has 3 aliphatic heterocycles. The van der Waals surface area contributed by atoms with E-state index in [0.29, 0.717) is 19.1 Å². The van der Waals surface area contributed by atoms with Crippen LogP contribution in [0.2, 0.25) is 0 Å². The van der Waals surface area contributed by atoms with Crippen LogP contribution in [0.4, 0.5) is 0 Å². The summed E-state index contributed by atoms with van der Waals surface area (Å²) in [6, 6.07) is 8.48. The third-order valence-corrected chi connectivity index (χ3v) is 7.03. The molecule has 1 amide bonds. The molecule has 1 N–H and O–H groups in total. The molecule has 0 atom stereocenters. The Balaban J connectivity index is 1.22. The van der Waals surface area contributed by atoms with Crippen LogP contribution in [0.25, 0.3) is 10.8 Å². The van der Waals surface area contributed by atoms with Crippen molar-refractivity contribution >= 4 is 16.7 Å². The van der Waals surface area contributed by atoms with Crippen LogP contribution >= 0.6 is 0 Å². The van der Waals surface area contributed by atoms with E-state index in [-0.39, 0.29) is 11.5 Å². The van der Waals surface area contributed by atoms with Crippen molar-refractivity contribution in [3.63, 3.8) is 0 Å². The van der Waals surface area contributed by atoms with Crippen molar-refractivity contribution in [3.8, 4) is 0 Å². The molecule has 6 heteroatoms. The fraction of sp³-hybridized carbons (Fsp3) is 0.565. The maximum atomic E-state index is 12.9. The largest absolute Gasteiger partial charge is 0.335 e. The molecule has 0 aliphatic carbocycles. The Morgan fingerprint density at radius 1 is 1.00 bits per heavy atom. The molecule has 5 rings (SSSR count). The quantitative estimate of drug-likeness (QED) is 0.865. The number of benzene rings is 1. The summed E-state index contributed by atoms with van der Waals surface area (Å²) in [6.45, 7) is 6.27. The molecule has 0 saturated carbocycles. The fourth-order valence-electron chi connectivity index (χ4n) is 5.38. The van der Waals surface area contributed by atoms with Crippen LogP contribution in [0.5, 0.6) is 0 Å². The van der Waals surface area contributed by atoms with Gasteiger partial charge in [0.05, 0.1) is 13.1 Å². The molecular weight excluding hydrogens is 364 g/mol. The molecule has 0 bridgehead atoms. The van der Waals surface area contributed by atoms with E-state index in [9.17, 15) is 9.59 Å². The van der Waals surface area contributed by atoms with Gasteiger partial charge in [0, 0.05) is 36.8 Å². The van der Waals surface area contributed by atoms with Gasteiger partial charge >= 0.3 is 0 Å². The van der Waals surface area contributed by atoms with Gasteiger partial charge in [-0.25, -0.2) is 0 Å². The number of aromatic nitrogens is 1. The van der Waals surface area contributed by atoms with Gasteiger partial charge in [-0.15, -0.1) is 0 Å². The molecule has 2 saturated heterocycles. The molecule has 2 aromatic rings. The molecule has 1 aromatic carbocycles. The highest BCUT2D eigenvalue weighted by Crippen LogP contribution is 2.25. The van der Waals surface area contributed by atoms with Gasteiger partial charge in [0.1, 0.15) is 0 Å². The van der Waals surface area contributed by atoms with E-state index < -0.39 is 0 Å². The van der Waals surface area contributed by atoms with Crippen LogP contribution in [-0.2, 0) is 17.8 Å². The predicted molar refractivity (Wildman–Crippen MR) is 114 cm³/mol. The number of amides is 1. The molecule has 0 radical (unpaired) electrons. The first-order valence-electron chi connectivity index (χ1n) is 11.1. The van der Waals surface area contributed by atoms with Crippen molar-refractivity contribution in [2.75, 3.05) is 39.3 Å². The van der Waals surface area contributed by atoms with Crippen LogP contribution in [0.15, 0.2) is 29.1 Å². The van der Waals surface area contributed by atoms with E-state index in [0.717, 1.165) is 42.5 Å². The van der Waals surface area contributed by atoms with Crippen molar-refractivity contribution in [2.24, 2.45) is 0 Å². The summed E-state index contributed by atoms with van der Waals surface area (Å²) in [4.78, 5) is 35.3. The normalized spacial score (nSPS) is 21.6. The molecule has 6 nitrogen and oxygen atoms in total. The zero-order valence-electron chi connectivity index (χ0n) is 17.0. The number of hydrogen-bond acceptors (Lipinski definition) is 4. The summed E-state index contributed by atoms with van der Waals surface area (Å²) < 4.78 is 0. The zero-order chi connectivity index (χ0) is 19.8. The molecule has 154 valence electrons. The van der Waals surface area contributed by atoms with Crippen molar-refractivity contribution in [1.29, 1.82) is 0 Å². The van der Waals surface area contributed by atoms with E-state index >= 15 is 0 Å². The lowest BCUT2D eigenvalue weighted by Crippen LogP contribution is -2.48. The summed E-state index contributed by atoms with van der Waals surface area (Å²) in [6.07, 6.45) is 5.83. The topological polar surface area (TPSA) is 59.7 Å². The highest BCUT2D eigenvalue weighted by molar-refractivity contribution is 5.86. The first-order valence-corrected chi connectivity index (χ1v) is 11.1. The van der Waals surface area contributed by atoms with E-state index in [1.165, 1.54) is 44.3 Å². The van der Waals surface area contributed by atoms with E-state index in [4.69, 9.17) is 0 Å². The van der Waals surface area contributed by atoms with Crippen molar-refractivity contribution < 1.29 is 4.79 Å². The molecular formula is C23H30N4O2. The number of likely N-dealkylation sites (tertiary alicyclic amines) is 2. The Kier molecular flexibility index (Phi) is 5.14. The summed E-state index contributed by atoms with van der Waals surface area (Å²) in [5.74, 6) is 0.185. The van der Waals surface area contributed by atoms with Crippen LogP contribution in [-0.4, -0.2) is 70.9 Å². The molecule has 2 fully saturated rings. The van der Waals surface area contributed by atoms with Gasteiger partial charge < -0.3 is 14.8 Å². The Labute approximate surface area is 171 Å². The van der Waals surface area contributed by atoms with Crippen LogP contribution in [0.3, 0.4) is 0 Å². The van der Waals surface area contributed by atoms with Gasteiger partial charge in [-0.05, 0) is 62.2 Å². The predicted octanol–water partition coefficient (Wildman–Crippen LogP) is 1.97. The number of fused-ring (bicyclic) bond motifs is 3. The van der Waals surface area contributed by atoms with Crippen LogP contribution in [0.1, 0.15) is 36.9 Å². The minimum absolute atomic E-state index is 0.0577. The van der Waals surface area contributed by atoms with E-state index in [1.54, 1.807) is 0 Å². The Bertz CT molecular complexity index is 955.